The molecule has 0 aromatic carbocycles. The molecule has 0 aliphatic heterocycles. The highest BCUT2D eigenvalue weighted by Crippen LogP contribution is 2.15. The molecule has 0 heteroatoms. The van der Waals surface area contributed by atoms with Gasteiger partial charge in [0.1, 0.15) is 0 Å². The van der Waals surface area contributed by atoms with Gasteiger partial charge in [0, 0.05) is 0 Å². The summed E-state index contributed by atoms with van der Waals surface area (Å²) in [5.41, 5.74) is 4.32. The van der Waals surface area contributed by atoms with Crippen LogP contribution in [-0.2, 0) is 0 Å². The third-order valence-electron chi connectivity index (χ3n) is 3.62. The van der Waals surface area contributed by atoms with Crippen LogP contribution in [0.3, 0.4) is 0 Å². The Labute approximate surface area is 127 Å². The molecule has 0 aliphatic carbocycles. The molecule has 0 rings (SSSR count). The molecule has 114 valence electrons. The molecule has 0 bridgehead atoms. The van der Waals surface area contributed by atoms with Crippen LogP contribution in [0.4, 0.5) is 0 Å². The average molecular weight is 274 g/mol. The van der Waals surface area contributed by atoms with Crippen LogP contribution in [0, 0.1) is 5.92 Å². The van der Waals surface area contributed by atoms with Crippen LogP contribution in [0.15, 0.2) is 47.1 Å². The van der Waals surface area contributed by atoms with Gasteiger partial charge in [-0.05, 0) is 72.6 Å². The van der Waals surface area contributed by atoms with Gasteiger partial charge in [0.2, 0.25) is 0 Å². The Balaban J connectivity index is 3.86. The van der Waals surface area contributed by atoms with Gasteiger partial charge in [0.15, 0.2) is 0 Å². The number of hydrogen-bond acceptors (Lipinski definition) is 0. The SMILES string of the molecule is C/C=C(C)\C=C\C[C@H](C)CC/C=C(\C)CCC=C(C)C. The van der Waals surface area contributed by atoms with E-state index in [9.17, 15) is 0 Å². The molecule has 20 heavy (non-hydrogen) atoms. The number of rotatable bonds is 9. The minimum Gasteiger partial charge on any atom is -0.0856 e. The number of allylic oxidation sites excluding steroid dienone is 8. The molecule has 0 saturated carbocycles. The molecule has 0 unspecified atom stereocenters. The first kappa shape index (κ1) is 19.0. The molecule has 1 atom stereocenters. The van der Waals surface area contributed by atoms with Gasteiger partial charge in [-0.15, -0.1) is 0 Å². The van der Waals surface area contributed by atoms with Crippen molar-refractivity contribution in [3.63, 3.8) is 0 Å². The first-order valence-corrected chi connectivity index (χ1v) is 8.04. The van der Waals surface area contributed by atoms with Gasteiger partial charge in [-0.2, -0.15) is 0 Å². The van der Waals surface area contributed by atoms with Crippen molar-refractivity contribution in [1.29, 1.82) is 0 Å². The van der Waals surface area contributed by atoms with Crippen LogP contribution < -0.4 is 0 Å². The lowest BCUT2D eigenvalue weighted by Crippen LogP contribution is -1.91. The van der Waals surface area contributed by atoms with E-state index in [0.717, 1.165) is 5.92 Å². The van der Waals surface area contributed by atoms with E-state index >= 15 is 0 Å². The van der Waals surface area contributed by atoms with E-state index in [2.05, 4.69) is 71.9 Å². The molecule has 0 fully saturated rings. The highest BCUT2D eigenvalue weighted by molar-refractivity contribution is 5.14. The van der Waals surface area contributed by atoms with Crippen molar-refractivity contribution in [1.82, 2.24) is 0 Å². The van der Waals surface area contributed by atoms with E-state index in [1.165, 1.54) is 48.8 Å². The fourth-order valence-electron chi connectivity index (χ4n) is 2.01. The van der Waals surface area contributed by atoms with Crippen molar-refractivity contribution in [2.24, 2.45) is 5.92 Å². The molecule has 0 N–H and O–H groups in total. The molecule has 0 amide bonds. The lowest BCUT2D eigenvalue weighted by molar-refractivity contribution is 0.545. The van der Waals surface area contributed by atoms with E-state index in [-0.39, 0.29) is 0 Å². The summed E-state index contributed by atoms with van der Waals surface area (Å²) in [5, 5.41) is 0. The van der Waals surface area contributed by atoms with Gasteiger partial charge >= 0.3 is 0 Å². The molecule has 0 spiro atoms. The Hall–Kier alpha value is -1.04. The van der Waals surface area contributed by atoms with Crippen LogP contribution in [-0.4, -0.2) is 0 Å². The van der Waals surface area contributed by atoms with Gasteiger partial charge in [0.05, 0.1) is 0 Å². The summed E-state index contributed by atoms with van der Waals surface area (Å²) in [6.45, 7) is 13.2. The van der Waals surface area contributed by atoms with Crippen molar-refractivity contribution >= 4 is 0 Å². The van der Waals surface area contributed by atoms with E-state index in [1.54, 1.807) is 0 Å². The summed E-state index contributed by atoms with van der Waals surface area (Å²) in [4.78, 5) is 0. The van der Waals surface area contributed by atoms with Crippen molar-refractivity contribution in [3.05, 3.63) is 47.1 Å². The average Bonchev–Trinajstić information content (AvgIpc) is 2.38. The lowest BCUT2D eigenvalue weighted by Gasteiger charge is -2.07. The zero-order chi connectivity index (χ0) is 15.4. The highest BCUT2D eigenvalue weighted by Gasteiger charge is 1.98. The van der Waals surface area contributed by atoms with Gasteiger partial charge in [-0.3, -0.25) is 0 Å². The second kappa shape index (κ2) is 11.8. The minimum atomic E-state index is 0.776. The van der Waals surface area contributed by atoms with E-state index < -0.39 is 0 Å². The number of hydrogen-bond donors (Lipinski definition) is 0. The maximum absolute atomic E-state index is 2.43. The van der Waals surface area contributed by atoms with Gasteiger partial charge < -0.3 is 0 Å². The largest absolute Gasteiger partial charge is 0.0856 e. The second-order valence-corrected chi connectivity index (χ2v) is 6.22. The first-order chi connectivity index (χ1) is 9.45. The quantitative estimate of drug-likeness (QED) is 0.313. The van der Waals surface area contributed by atoms with Gasteiger partial charge in [-0.1, -0.05) is 54.0 Å². The monoisotopic (exact) mass is 274 g/mol. The molecule has 0 nitrogen and oxygen atoms in total. The fourth-order valence-corrected chi connectivity index (χ4v) is 2.01. The van der Waals surface area contributed by atoms with Crippen LogP contribution in [0.2, 0.25) is 0 Å². The maximum atomic E-state index is 2.43. The summed E-state index contributed by atoms with van der Waals surface area (Å²) >= 11 is 0. The Bertz CT molecular complexity index is 359. The molecule has 0 aromatic heterocycles. The van der Waals surface area contributed by atoms with Crippen LogP contribution in [0.1, 0.15) is 73.6 Å². The smallest absolute Gasteiger partial charge is 0.0288 e. The van der Waals surface area contributed by atoms with Gasteiger partial charge in [0.25, 0.3) is 0 Å². The van der Waals surface area contributed by atoms with Crippen molar-refractivity contribution in [2.45, 2.75) is 73.6 Å². The predicted molar refractivity (Wildman–Crippen MR) is 94.0 cm³/mol. The molecule has 0 radical (unpaired) electrons. The fraction of sp³-hybridized carbons (Fsp3) is 0.600. The highest BCUT2D eigenvalue weighted by atomic mass is 14.0. The first-order valence-electron chi connectivity index (χ1n) is 8.04. The summed E-state index contributed by atoms with van der Waals surface area (Å²) in [5.74, 6) is 0.776. The Kier molecular flexibility index (Phi) is 11.1. The van der Waals surface area contributed by atoms with Crippen LogP contribution in [0.5, 0.6) is 0 Å². The molecule has 0 aromatic rings. The lowest BCUT2D eigenvalue weighted by atomic mass is 9.99. The third kappa shape index (κ3) is 12.0. The Morgan fingerprint density at radius 2 is 1.70 bits per heavy atom. The second-order valence-electron chi connectivity index (χ2n) is 6.22. The normalized spacial score (nSPS) is 14.7. The van der Waals surface area contributed by atoms with Gasteiger partial charge in [-0.25, -0.2) is 0 Å². The Morgan fingerprint density at radius 3 is 2.30 bits per heavy atom. The molecular formula is C20H34. The van der Waals surface area contributed by atoms with Crippen molar-refractivity contribution in [3.8, 4) is 0 Å². The summed E-state index contributed by atoms with van der Waals surface area (Å²) in [6, 6.07) is 0. The summed E-state index contributed by atoms with van der Waals surface area (Å²) < 4.78 is 0. The van der Waals surface area contributed by atoms with Crippen molar-refractivity contribution < 1.29 is 0 Å². The minimum absolute atomic E-state index is 0.776. The molecular weight excluding hydrogens is 240 g/mol. The third-order valence-corrected chi connectivity index (χ3v) is 3.62. The topological polar surface area (TPSA) is 0 Å². The van der Waals surface area contributed by atoms with E-state index in [4.69, 9.17) is 0 Å². The summed E-state index contributed by atoms with van der Waals surface area (Å²) in [7, 11) is 0. The summed E-state index contributed by atoms with van der Waals surface area (Å²) in [6.07, 6.45) is 17.5. The zero-order valence-corrected chi connectivity index (χ0v) is 14.5. The molecule has 0 saturated heterocycles. The van der Waals surface area contributed by atoms with Crippen molar-refractivity contribution in [2.75, 3.05) is 0 Å². The van der Waals surface area contributed by atoms with E-state index in [1.807, 2.05) is 0 Å². The predicted octanol–water partition coefficient (Wildman–Crippen LogP) is 7.01. The zero-order valence-electron chi connectivity index (χ0n) is 14.5. The molecule has 0 heterocycles. The van der Waals surface area contributed by atoms with Crippen LogP contribution in [0.25, 0.3) is 0 Å². The Morgan fingerprint density at radius 1 is 1.00 bits per heavy atom. The maximum Gasteiger partial charge on any atom is -0.0288 e. The molecule has 0 aliphatic rings. The standard InChI is InChI=1S/C20H34/c1-7-18(4)12-9-14-20(6)16-10-15-19(5)13-8-11-17(2)3/h7,9,11-12,15,20H,8,10,13-14,16H2,1-6H3/b12-9+,18-7-,19-15+/t20-/m0/s1. The van der Waals surface area contributed by atoms with E-state index in [0.29, 0.717) is 0 Å². The van der Waals surface area contributed by atoms with Crippen LogP contribution >= 0.6 is 0 Å².